The number of aromatic hydroxyl groups is 7. The van der Waals surface area contributed by atoms with Gasteiger partial charge in [0.05, 0.1) is 0 Å². The van der Waals surface area contributed by atoms with Gasteiger partial charge in [0.15, 0.2) is 0 Å². The first kappa shape index (κ1) is 21.0. The van der Waals surface area contributed by atoms with Crippen molar-refractivity contribution in [1.29, 1.82) is 0 Å². The summed E-state index contributed by atoms with van der Waals surface area (Å²) in [4.78, 5) is 0. The summed E-state index contributed by atoms with van der Waals surface area (Å²) < 4.78 is 0. The van der Waals surface area contributed by atoms with Crippen LogP contribution >= 0.6 is 0 Å². The van der Waals surface area contributed by atoms with Gasteiger partial charge in [-0.25, -0.2) is 0 Å². The molecule has 2 aliphatic rings. The lowest BCUT2D eigenvalue weighted by atomic mass is 9.62. The SMILES string of the molecule is Oc1ccc([C@@H]2c3c(O)cc(O)cc3[C@@H]3c4c(O)cc(O)cc4[C@@H]2[C@H]3c2ccc(O)cc2O)cc1. The molecule has 4 aromatic rings. The van der Waals surface area contributed by atoms with Gasteiger partial charge < -0.3 is 35.7 Å². The highest BCUT2D eigenvalue weighted by Gasteiger charge is 2.54. The topological polar surface area (TPSA) is 142 Å². The third-order valence-electron chi connectivity index (χ3n) is 7.40. The summed E-state index contributed by atoms with van der Waals surface area (Å²) in [6.07, 6.45) is 0. The van der Waals surface area contributed by atoms with Crippen LogP contribution in [0.2, 0.25) is 0 Å². The number of phenolic OH excluding ortho intramolecular Hbond substituents is 7. The Morgan fingerprint density at radius 3 is 1.54 bits per heavy atom. The number of benzene rings is 4. The van der Waals surface area contributed by atoms with Gasteiger partial charge in [0.1, 0.15) is 40.2 Å². The van der Waals surface area contributed by atoms with Crippen LogP contribution in [0.5, 0.6) is 40.2 Å². The largest absolute Gasteiger partial charge is 0.508 e. The van der Waals surface area contributed by atoms with Crippen LogP contribution < -0.4 is 0 Å². The molecule has 4 atom stereocenters. The Hall–Kier alpha value is -4.52. The van der Waals surface area contributed by atoms with Crippen molar-refractivity contribution in [2.45, 2.75) is 23.7 Å². The predicted molar refractivity (Wildman–Crippen MR) is 127 cm³/mol. The van der Waals surface area contributed by atoms with E-state index in [2.05, 4.69) is 0 Å². The Morgan fingerprint density at radius 2 is 0.914 bits per heavy atom. The normalized spacial score (nSPS) is 21.9. The molecule has 2 aliphatic carbocycles. The standard InChI is InChI=1S/C28H22O7/c29-13-3-1-12(2-4-13)23-24-18(7-15(31)10-21(24)34)28-25-19(8-16(32)11-22(25)35)27(23)26(28)17-6-5-14(30)9-20(17)33/h1-11,23,26-35H/t23-,26-,27+,28-/m1/s1. The zero-order valence-corrected chi connectivity index (χ0v) is 18.3. The molecule has 0 spiro atoms. The van der Waals surface area contributed by atoms with Crippen LogP contribution in [0, 0.1) is 0 Å². The van der Waals surface area contributed by atoms with Crippen molar-refractivity contribution in [2.24, 2.45) is 0 Å². The second-order valence-corrected chi connectivity index (χ2v) is 9.28. The van der Waals surface area contributed by atoms with Crippen molar-refractivity contribution in [1.82, 2.24) is 0 Å². The van der Waals surface area contributed by atoms with Gasteiger partial charge in [-0.1, -0.05) is 18.2 Å². The van der Waals surface area contributed by atoms with Crippen molar-refractivity contribution >= 4 is 0 Å². The molecule has 6 rings (SSSR count). The molecular weight excluding hydrogens is 448 g/mol. The fourth-order valence-corrected chi connectivity index (χ4v) is 6.24. The second-order valence-electron chi connectivity index (χ2n) is 9.28. The van der Waals surface area contributed by atoms with E-state index in [9.17, 15) is 35.7 Å². The Bertz CT molecular complexity index is 1490. The Balaban J connectivity index is 1.74. The van der Waals surface area contributed by atoms with Crippen LogP contribution in [0.1, 0.15) is 57.1 Å². The summed E-state index contributed by atoms with van der Waals surface area (Å²) in [7, 11) is 0. The van der Waals surface area contributed by atoms with Gasteiger partial charge in [-0.3, -0.25) is 0 Å². The number of phenols is 7. The number of rotatable bonds is 2. The number of hydrogen-bond donors (Lipinski definition) is 7. The van der Waals surface area contributed by atoms with Gasteiger partial charge in [0.2, 0.25) is 0 Å². The van der Waals surface area contributed by atoms with E-state index in [4.69, 9.17) is 0 Å². The molecule has 176 valence electrons. The van der Waals surface area contributed by atoms with E-state index in [0.29, 0.717) is 27.8 Å². The van der Waals surface area contributed by atoms with Gasteiger partial charge in [0, 0.05) is 53.0 Å². The molecule has 0 amide bonds. The first-order valence-corrected chi connectivity index (χ1v) is 11.2. The molecule has 0 fully saturated rings. The van der Waals surface area contributed by atoms with E-state index in [1.807, 2.05) is 0 Å². The number of hydrogen-bond acceptors (Lipinski definition) is 7. The minimum absolute atomic E-state index is 0.0763. The molecule has 0 radical (unpaired) electrons. The first-order valence-electron chi connectivity index (χ1n) is 11.2. The third kappa shape index (κ3) is 2.98. The van der Waals surface area contributed by atoms with Gasteiger partial charge in [-0.2, -0.15) is 0 Å². The van der Waals surface area contributed by atoms with Gasteiger partial charge >= 0.3 is 0 Å². The summed E-state index contributed by atoms with van der Waals surface area (Å²) in [5.74, 6) is -2.65. The zero-order chi connectivity index (χ0) is 24.6. The van der Waals surface area contributed by atoms with Crippen LogP contribution in [-0.4, -0.2) is 35.7 Å². The molecule has 35 heavy (non-hydrogen) atoms. The molecule has 0 heterocycles. The van der Waals surface area contributed by atoms with Crippen molar-refractivity contribution in [2.75, 3.05) is 0 Å². The molecule has 2 bridgehead atoms. The van der Waals surface area contributed by atoms with E-state index >= 15 is 0 Å². The molecule has 7 nitrogen and oxygen atoms in total. The summed E-state index contributed by atoms with van der Waals surface area (Å²) >= 11 is 0. The second kappa shape index (κ2) is 7.24. The highest BCUT2D eigenvalue weighted by Crippen LogP contribution is 2.69. The molecule has 0 unspecified atom stereocenters. The predicted octanol–water partition coefficient (Wildman–Crippen LogP) is 4.78. The summed E-state index contributed by atoms with van der Waals surface area (Å²) in [5, 5.41) is 73.5. The van der Waals surface area contributed by atoms with Crippen LogP contribution in [0.25, 0.3) is 0 Å². The monoisotopic (exact) mass is 470 g/mol. The molecule has 7 heteroatoms. The van der Waals surface area contributed by atoms with E-state index in [1.165, 1.54) is 24.3 Å². The summed E-state index contributed by atoms with van der Waals surface area (Å²) in [6, 6.07) is 16.6. The molecule has 0 saturated carbocycles. The lowest BCUT2D eigenvalue weighted by Gasteiger charge is -2.40. The Labute approximate surface area is 200 Å². The van der Waals surface area contributed by atoms with Gasteiger partial charge in [-0.15, -0.1) is 0 Å². The van der Waals surface area contributed by atoms with Crippen molar-refractivity contribution in [3.63, 3.8) is 0 Å². The average Bonchev–Trinajstić information content (AvgIpc) is 3.04. The minimum Gasteiger partial charge on any atom is -0.508 e. The fraction of sp³-hybridized carbons (Fsp3) is 0.143. The van der Waals surface area contributed by atoms with Crippen LogP contribution in [0.15, 0.2) is 66.7 Å². The minimum atomic E-state index is -0.563. The molecule has 0 aromatic heterocycles. The maximum Gasteiger partial charge on any atom is 0.123 e. The molecule has 0 aliphatic heterocycles. The quantitative estimate of drug-likeness (QED) is 0.223. The molecular formula is C28H22O7. The molecule has 0 saturated heterocycles. The Morgan fingerprint density at radius 1 is 0.400 bits per heavy atom. The van der Waals surface area contributed by atoms with Crippen molar-refractivity contribution < 1.29 is 35.7 Å². The van der Waals surface area contributed by atoms with Crippen LogP contribution in [-0.2, 0) is 0 Å². The highest BCUT2D eigenvalue weighted by atomic mass is 16.3. The molecule has 7 N–H and O–H groups in total. The number of fused-ring (bicyclic) bond motifs is 7. The zero-order valence-electron chi connectivity index (χ0n) is 18.3. The maximum absolute atomic E-state index is 11.0. The van der Waals surface area contributed by atoms with Crippen LogP contribution in [0.3, 0.4) is 0 Å². The summed E-state index contributed by atoms with van der Waals surface area (Å²) in [5.41, 5.74) is 3.61. The van der Waals surface area contributed by atoms with Gasteiger partial charge in [-0.05, 0) is 52.6 Å². The van der Waals surface area contributed by atoms with Crippen molar-refractivity contribution in [3.05, 3.63) is 100 Å². The fourth-order valence-electron chi connectivity index (χ4n) is 6.24. The Kier molecular flexibility index (Phi) is 4.35. The lowest BCUT2D eigenvalue weighted by molar-refractivity contribution is 0.393. The van der Waals surface area contributed by atoms with E-state index in [1.54, 1.807) is 42.5 Å². The van der Waals surface area contributed by atoms with E-state index in [-0.39, 0.29) is 40.2 Å². The maximum atomic E-state index is 11.0. The van der Waals surface area contributed by atoms with E-state index in [0.717, 1.165) is 5.56 Å². The summed E-state index contributed by atoms with van der Waals surface area (Å²) in [6.45, 7) is 0. The molecule has 4 aromatic carbocycles. The van der Waals surface area contributed by atoms with Crippen LogP contribution in [0.4, 0.5) is 0 Å². The van der Waals surface area contributed by atoms with Gasteiger partial charge in [0.25, 0.3) is 0 Å². The first-order chi connectivity index (χ1) is 16.7. The van der Waals surface area contributed by atoms with E-state index < -0.39 is 23.7 Å². The highest BCUT2D eigenvalue weighted by molar-refractivity contribution is 5.69. The average molecular weight is 470 g/mol. The van der Waals surface area contributed by atoms with Crippen molar-refractivity contribution in [3.8, 4) is 40.2 Å². The lowest BCUT2D eigenvalue weighted by Crippen LogP contribution is -2.26. The third-order valence-corrected chi connectivity index (χ3v) is 7.40. The smallest absolute Gasteiger partial charge is 0.123 e.